The van der Waals surface area contributed by atoms with E-state index >= 15 is 0 Å². The second-order valence-electron chi connectivity index (χ2n) is 16.1. The van der Waals surface area contributed by atoms with E-state index in [-0.39, 0.29) is 0 Å². The molecule has 0 amide bonds. The Morgan fingerprint density at radius 3 is 1.39 bits per heavy atom. The number of thiophene rings is 4. The van der Waals surface area contributed by atoms with Crippen LogP contribution in [0.25, 0.3) is 73.6 Å². The molecule has 1 aliphatic heterocycles. The number of benzene rings is 2. The fourth-order valence-corrected chi connectivity index (χ4v) is 22.9. The lowest BCUT2D eigenvalue weighted by Gasteiger charge is -2.35. The van der Waals surface area contributed by atoms with Crippen LogP contribution in [0.1, 0.15) is 90.2 Å². The van der Waals surface area contributed by atoms with E-state index in [1.54, 1.807) is 33.0 Å². The van der Waals surface area contributed by atoms with Crippen molar-refractivity contribution in [3.05, 3.63) is 70.4 Å². The third-order valence-corrected chi connectivity index (χ3v) is 23.7. The van der Waals surface area contributed by atoms with Crippen molar-refractivity contribution >= 4 is 109 Å². The molecule has 0 bridgehead atoms. The predicted molar refractivity (Wildman–Crippen MR) is 258 cm³/mol. The van der Waals surface area contributed by atoms with Gasteiger partial charge in [-0.3, -0.25) is 0 Å². The summed E-state index contributed by atoms with van der Waals surface area (Å²) in [6, 6.07) is 21.5. The summed E-state index contributed by atoms with van der Waals surface area (Å²) in [7, 11) is -2.26. The molecule has 4 nitrogen and oxygen atoms in total. The van der Waals surface area contributed by atoms with Crippen molar-refractivity contribution in [1.82, 2.24) is 17.5 Å². The predicted octanol–water partition coefficient (Wildman–Crippen LogP) is 15.2. The van der Waals surface area contributed by atoms with Gasteiger partial charge in [-0.05, 0) is 106 Å². The molecule has 8 aromatic rings. The summed E-state index contributed by atoms with van der Waals surface area (Å²) in [5.74, 6) is 1.46. The maximum Gasteiger partial charge on any atom is 0.122 e. The lowest BCUT2D eigenvalue weighted by Crippen LogP contribution is -2.56. The molecule has 0 aliphatic carbocycles. The molecule has 7 heterocycles. The molecule has 0 fully saturated rings. The van der Waals surface area contributed by atoms with E-state index < -0.39 is 8.07 Å². The summed E-state index contributed by atoms with van der Waals surface area (Å²) < 4.78 is 19.9. The zero-order valence-electron chi connectivity index (χ0n) is 33.7. The van der Waals surface area contributed by atoms with Crippen LogP contribution >= 0.6 is 68.8 Å². The largest absolute Gasteiger partial charge is 0.172 e. The molecule has 6 aromatic heterocycles. The fourth-order valence-electron chi connectivity index (χ4n) is 9.62. The average molecular weight is 879 g/mol. The van der Waals surface area contributed by atoms with Crippen LogP contribution in [0, 0.1) is 25.7 Å². The van der Waals surface area contributed by atoms with E-state index in [0.717, 1.165) is 33.9 Å². The van der Waals surface area contributed by atoms with Gasteiger partial charge in [-0.2, -0.15) is 17.5 Å². The van der Waals surface area contributed by atoms with Gasteiger partial charge in [0.2, 0.25) is 0 Å². The number of aryl methyl sites for hydroxylation is 2. The highest BCUT2D eigenvalue weighted by molar-refractivity contribution is 7.31. The van der Waals surface area contributed by atoms with Gasteiger partial charge in [0, 0.05) is 51.5 Å². The van der Waals surface area contributed by atoms with Crippen molar-refractivity contribution < 1.29 is 0 Å². The minimum atomic E-state index is -2.26. The van der Waals surface area contributed by atoms with E-state index in [2.05, 4.69) is 101 Å². The van der Waals surface area contributed by atoms with E-state index in [9.17, 15) is 0 Å². The monoisotopic (exact) mass is 878 g/mol. The van der Waals surface area contributed by atoms with Crippen LogP contribution in [0.5, 0.6) is 0 Å². The minimum absolute atomic E-state index is 0.730. The highest BCUT2D eigenvalue weighted by atomic mass is 32.1. The first-order valence-corrected chi connectivity index (χ1v) is 28.0. The quantitative estimate of drug-likeness (QED) is 0.0908. The van der Waals surface area contributed by atoms with Crippen LogP contribution < -0.4 is 10.4 Å². The Kier molecular flexibility index (Phi) is 11.5. The molecule has 2 aromatic carbocycles. The Bertz CT molecular complexity index is 2460. The Labute approximate surface area is 362 Å². The van der Waals surface area contributed by atoms with Gasteiger partial charge in [0.15, 0.2) is 0 Å². The SMILES string of the molecule is CCCCC(CC)C[Si]1(CC(CC)CCCC)c2cc(-c3c(C)cc(-c4cccs4)c4nsnc34)sc2-c2sc(-c3c(C)cc(-c4cccs4)c4nsnc34)cc21. The third-order valence-electron chi connectivity index (χ3n) is 12.6. The number of unbranched alkanes of at least 4 members (excludes halogenated alkanes) is 2. The Balaban J connectivity index is 1.27. The molecular weight excluding hydrogens is 829 g/mol. The maximum atomic E-state index is 5.03. The van der Waals surface area contributed by atoms with Crippen LogP contribution in [0.3, 0.4) is 0 Å². The summed E-state index contributed by atoms with van der Waals surface area (Å²) in [5.41, 5.74) is 11.8. The van der Waals surface area contributed by atoms with Crippen LogP contribution in [-0.4, -0.2) is 25.6 Å². The molecule has 57 heavy (non-hydrogen) atoms. The van der Waals surface area contributed by atoms with Crippen molar-refractivity contribution in [1.29, 1.82) is 0 Å². The Morgan fingerprint density at radius 1 is 0.561 bits per heavy atom. The van der Waals surface area contributed by atoms with Crippen LogP contribution in [-0.2, 0) is 0 Å². The third kappa shape index (κ3) is 6.96. The molecule has 0 N–H and O–H groups in total. The zero-order chi connectivity index (χ0) is 39.3. The fraction of sp³-hybridized carbons (Fsp3) is 0.391. The van der Waals surface area contributed by atoms with Crippen molar-refractivity contribution in [3.63, 3.8) is 0 Å². The number of nitrogens with zero attached hydrogens (tertiary/aromatic N) is 4. The van der Waals surface area contributed by atoms with Crippen molar-refractivity contribution in [2.45, 2.75) is 105 Å². The molecule has 11 heteroatoms. The van der Waals surface area contributed by atoms with E-state index in [0.29, 0.717) is 0 Å². The van der Waals surface area contributed by atoms with Gasteiger partial charge in [0.25, 0.3) is 0 Å². The van der Waals surface area contributed by atoms with Gasteiger partial charge in [0.05, 0.1) is 23.5 Å². The summed E-state index contributed by atoms with van der Waals surface area (Å²) in [6.07, 6.45) is 10.3. The second-order valence-corrected chi connectivity index (χ2v) is 25.3. The van der Waals surface area contributed by atoms with Gasteiger partial charge in [-0.1, -0.05) is 91.2 Å². The summed E-state index contributed by atoms with van der Waals surface area (Å²) in [6.45, 7) is 14.2. The first-order valence-electron chi connectivity index (χ1n) is 20.8. The smallest absolute Gasteiger partial charge is 0.122 e. The van der Waals surface area contributed by atoms with Crippen LogP contribution in [0.4, 0.5) is 0 Å². The highest BCUT2D eigenvalue weighted by Gasteiger charge is 2.50. The molecule has 2 atom stereocenters. The Morgan fingerprint density at radius 2 is 1.00 bits per heavy atom. The second kappa shape index (κ2) is 16.6. The lowest BCUT2D eigenvalue weighted by atomic mass is 10.00. The molecule has 0 radical (unpaired) electrons. The molecule has 0 saturated heterocycles. The first-order chi connectivity index (χ1) is 27.9. The number of aromatic nitrogens is 4. The van der Waals surface area contributed by atoms with Gasteiger partial charge < -0.3 is 0 Å². The molecular formula is C46H50N4S6Si. The van der Waals surface area contributed by atoms with Gasteiger partial charge >= 0.3 is 0 Å². The maximum absolute atomic E-state index is 5.03. The van der Waals surface area contributed by atoms with Gasteiger partial charge in [-0.25, -0.2) is 0 Å². The summed E-state index contributed by atoms with van der Waals surface area (Å²) >= 11 is 10.4. The molecule has 294 valence electrons. The van der Waals surface area contributed by atoms with E-state index in [4.69, 9.17) is 17.5 Å². The Hall–Kier alpha value is -2.90. The number of hydrogen-bond donors (Lipinski definition) is 0. The van der Waals surface area contributed by atoms with Crippen LogP contribution in [0.15, 0.2) is 59.3 Å². The number of fused-ring (bicyclic) bond motifs is 5. The molecule has 0 spiro atoms. The molecule has 9 rings (SSSR count). The number of hydrogen-bond acceptors (Lipinski definition) is 10. The van der Waals surface area contributed by atoms with E-state index in [1.165, 1.54) is 150 Å². The standard InChI is InChI=1S/C46H50N4S6Si/c1-7-11-15-29(9-3)25-57(26-30(10-4)16-12-8-2)37-23-35(39-27(5)21-31(33-17-13-19-51-33)41-43(39)49-55-47-41)53-45(37)46-38(57)24-36(54-46)40-28(6)22-32(34-18-14-20-52-34)42-44(40)50-56-48-42/h13-14,17-24,29-30H,7-12,15-16,25-26H2,1-6H3. The minimum Gasteiger partial charge on any atom is -0.172 e. The van der Waals surface area contributed by atoms with E-state index in [1.807, 2.05) is 22.7 Å². The van der Waals surface area contributed by atoms with Crippen molar-refractivity contribution in [2.75, 3.05) is 0 Å². The zero-order valence-corrected chi connectivity index (χ0v) is 39.6. The summed E-state index contributed by atoms with van der Waals surface area (Å²) in [4.78, 5) is 8.34. The lowest BCUT2D eigenvalue weighted by molar-refractivity contribution is 0.469. The van der Waals surface area contributed by atoms with Crippen molar-refractivity contribution in [2.24, 2.45) is 11.8 Å². The first kappa shape index (κ1) is 39.6. The normalized spacial score (nSPS) is 14.5. The highest BCUT2D eigenvalue weighted by Crippen LogP contribution is 2.51. The number of rotatable bonds is 16. The molecule has 2 unspecified atom stereocenters. The molecule has 0 saturated carbocycles. The average Bonchev–Trinajstić information content (AvgIpc) is 4.07. The van der Waals surface area contributed by atoms with Crippen LogP contribution in [0.2, 0.25) is 12.1 Å². The van der Waals surface area contributed by atoms with Gasteiger partial charge in [0.1, 0.15) is 30.1 Å². The van der Waals surface area contributed by atoms with Crippen molar-refractivity contribution in [3.8, 4) is 51.5 Å². The summed E-state index contributed by atoms with van der Waals surface area (Å²) in [5, 5.41) is 7.75. The molecule has 1 aliphatic rings. The van der Waals surface area contributed by atoms with Gasteiger partial charge in [-0.15, -0.1) is 45.3 Å². The topological polar surface area (TPSA) is 51.6 Å².